The van der Waals surface area contributed by atoms with E-state index < -0.39 is 0 Å². The van der Waals surface area contributed by atoms with E-state index in [1.807, 2.05) is 42.5 Å². The number of rotatable bonds is 5. The number of carbonyl (C=O) groups is 1. The van der Waals surface area contributed by atoms with Gasteiger partial charge >= 0.3 is 0 Å². The number of ether oxygens (including phenoxy) is 1. The zero-order chi connectivity index (χ0) is 15.4. The first-order valence-electron chi connectivity index (χ1n) is 7.48. The summed E-state index contributed by atoms with van der Waals surface area (Å²) >= 11 is 0. The molecule has 1 heterocycles. The molecule has 0 unspecified atom stereocenters. The van der Waals surface area contributed by atoms with E-state index in [2.05, 4.69) is 0 Å². The highest BCUT2D eigenvalue weighted by atomic mass is 16.5. The Morgan fingerprint density at radius 3 is 2.77 bits per heavy atom. The van der Waals surface area contributed by atoms with Crippen molar-refractivity contribution >= 4 is 5.91 Å². The van der Waals surface area contributed by atoms with Crippen LogP contribution in [0.15, 0.2) is 48.5 Å². The van der Waals surface area contributed by atoms with Crippen molar-refractivity contribution in [2.75, 3.05) is 19.8 Å². The average Bonchev–Trinajstić information content (AvgIpc) is 3.02. The largest absolute Gasteiger partial charge is 0.493 e. The van der Waals surface area contributed by atoms with Gasteiger partial charge in [0, 0.05) is 25.1 Å². The van der Waals surface area contributed by atoms with Crippen molar-refractivity contribution in [3.8, 4) is 5.75 Å². The predicted molar refractivity (Wildman–Crippen MR) is 83.9 cm³/mol. The third kappa shape index (κ3) is 3.12. The molecule has 2 aromatic carbocycles. The van der Waals surface area contributed by atoms with Crippen LogP contribution in [-0.2, 0) is 13.0 Å². The Morgan fingerprint density at radius 1 is 1.18 bits per heavy atom. The standard InChI is InChI=1S/C18H19NO3/c20-10-9-19(13-14-4-2-1-3-5-14)18(21)16-6-7-17-15(12-16)8-11-22-17/h1-7,12,20H,8-11,13H2. The van der Waals surface area contributed by atoms with Gasteiger partial charge in [-0.15, -0.1) is 0 Å². The fourth-order valence-corrected chi connectivity index (χ4v) is 2.68. The Balaban J connectivity index is 1.80. The van der Waals surface area contributed by atoms with E-state index in [1.54, 1.807) is 11.0 Å². The highest BCUT2D eigenvalue weighted by molar-refractivity contribution is 5.94. The summed E-state index contributed by atoms with van der Waals surface area (Å²) in [5.41, 5.74) is 2.77. The molecule has 0 saturated carbocycles. The van der Waals surface area contributed by atoms with E-state index in [9.17, 15) is 9.90 Å². The SMILES string of the molecule is O=C(c1ccc2c(c1)CCO2)N(CCO)Cc1ccccc1. The van der Waals surface area contributed by atoms with Gasteiger partial charge in [0.25, 0.3) is 5.91 Å². The number of hydrogen-bond donors (Lipinski definition) is 1. The minimum atomic E-state index is -0.0624. The van der Waals surface area contributed by atoms with Crippen molar-refractivity contribution in [1.82, 2.24) is 4.90 Å². The minimum absolute atomic E-state index is 0.0490. The third-order valence-corrected chi connectivity index (χ3v) is 3.81. The van der Waals surface area contributed by atoms with E-state index in [0.717, 1.165) is 23.3 Å². The molecule has 114 valence electrons. The molecule has 0 atom stereocenters. The summed E-state index contributed by atoms with van der Waals surface area (Å²) in [6.45, 7) is 1.44. The highest BCUT2D eigenvalue weighted by Crippen LogP contribution is 2.26. The Morgan fingerprint density at radius 2 is 2.00 bits per heavy atom. The monoisotopic (exact) mass is 297 g/mol. The maximum Gasteiger partial charge on any atom is 0.254 e. The van der Waals surface area contributed by atoms with Gasteiger partial charge in [-0.05, 0) is 29.3 Å². The van der Waals surface area contributed by atoms with Crippen molar-refractivity contribution in [3.63, 3.8) is 0 Å². The quantitative estimate of drug-likeness (QED) is 0.921. The smallest absolute Gasteiger partial charge is 0.254 e. The van der Waals surface area contributed by atoms with Gasteiger partial charge in [-0.2, -0.15) is 0 Å². The van der Waals surface area contributed by atoms with Crippen LogP contribution in [0.25, 0.3) is 0 Å². The van der Waals surface area contributed by atoms with Crippen LogP contribution >= 0.6 is 0 Å². The summed E-state index contributed by atoms with van der Waals surface area (Å²) in [5, 5.41) is 9.25. The van der Waals surface area contributed by atoms with Crippen molar-refractivity contribution in [2.24, 2.45) is 0 Å². The molecule has 0 radical (unpaired) electrons. The van der Waals surface area contributed by atoms with Crippen LogP contribution in [-0.4, -0.2) is 35.7 Å². The van der Waals surface area contributed by atoms with Crippen molar-refractivity contribution in [1.29, 1.82) is 0 Å². The molecule has 3 rings (SSSR count). The Labute approximate surface area is 130 Å². The van der Waals surface area contributed by atoms with Gasteiger partial charge in [0.05, 0.1) is 13.2 Å². The van der Waals surface area contributed by atoms with Crippen LogP contribution < -0.4 is 4.74 Å². The summed E-state index contributed by atoms with van der Waals surface area (Å²) in [7, 11) is 0. The number of amides is 1. The molecule has 0 aromatic heterocycles. The second kappa shape index (κ2) is 6.62. The van der Waals surface area contributed by atoms with Gasteiger partial charge < -0.3 is 14.7 Å². The zero-order valence-corrected chi connectivity index (χ0v) is 12.4. The number of nitrogens with zero attached hydrogens (tertiary/aromatic N) is 1. The molecule has 22 heavy (non-hydrogen) atoms. The second-order valence-corrected chi connectivity index (χ2v) is 5.36. The van der Waals surface area contributed by atoms with Gasteiger partial charge in [-0.3, -0.25) is 4.79 Å². The molecule has 2 aromatic rings. The van der Waals surface area contributed by atoms with Crippen molar-refractivity contribution in [2.45, 2.75) is 13.0 Å². The molecule has 0 fully saturated rings. The molecule has 1 aliphatic rings. The summed E-state index contributed by atoms with van der Waals surface area (Å²) in [4.78, 5) is 14.4. The topological polar surface area (TPSA) is 49.8 Å². The molecule has 0 saturated heterocycles. The molecule has 1 amide bonds. The van der Waals surface area contributed by atoms with Gasteiger partial charge in [0.15, 0.2) is 0 Å². The molecule has 4 heteroatoms. The highest BCUT2D eigenvalue weighted by Gasteiger charge is 2.19. The lowest BCUT2D eigenvalue weighted by molar-refractivity contribution is 0.0708. The fraction of sp³-hybridized carbons (Fsp3) is 0.278. The van der Waals surface area contributed by atoms with Crippen molar-refractivity contribution < 1.29 is 14.6 Å². The second-order valence-electron chi connectivity index (χ2n) is 5.36. The Kier molecular flexibility index (Phi) is 4.39. The van der Waals surface area contributed by atoms with E-state index in [-0.39, 0.29) is 12.5 Å². The molecule has 1 N–H and O–H groups in total. The first-order valence-corrected chi connectivity index (χ1v) is 7.48. The van der Waals surface area contributed by atoms with Gasteiger partial charge in [-0.1, -0.05) is 30.3 Å². The molecule has 0 spiro atoms. The van der Waals surface area contributed by atoms with Crippen LogP contribution in [0, 0.1) is 0 Å². The number of carbonyl (C=O) groups excluding carboxylic acids is 1. The van der Waals surface area contributed by atoms with Crippen LogP contribution in [0.2, 0.25) is 0 Å². The van der Waals surface area contributed by atoms with E-state index in [1.165, 1.54) is 0 Å². The zero-order valence-electron chi connectivity index (χ0n) is 12.4. The lowest BCUT2D eigenvalue weighted by Gasteiger charge is -2.22. The van der Waals surface area contributed by atoms with Crippen LogP contribution in [0.5, 0.6) is 5.75 Å². The average molecular weight is 297 g/mol. The predicted octanol–water partition coefficient (Wildman–Crippen LogP) is 2.26. The first-order chi connectivity index (χ1) is 10.8. The van der Waals surface area contributed by atoms with Gasteiger partial charge in [-0.25, -0.2) is 0 Å². The molecule has 1 aliphatic heterocycles. The fourth-order valence-electron chi connectivity index (χ4n) is 2.68. The third-order valence-electron chi connectivity index (χ3n) is 3.81. The lowest BCUT2D eigenvalue weighted by Crippen LogP contribution is -2.33. The first kappa shape index (κ1) is 14.6. The molecule has 4 nitrogen and oxygen atoms in total. The normalized spacial score (nSPS) is 12.6. The Hall–Kier alpha value is -2.33. The van der Waals surface area contributed by atoms with Gasteiger partial charge in [0.2, 0.25) is 0 Å². The minimum Gasteiger partial charge on any atom is -0.493 e. The van der Waals surface area contributed by atoms with E-state index in [4.69, 9.17) is 4.74 Å². The molecule has 0 aliphatic carbocycles. The van der Waals surface area contributed by atoms with Gasteiger partial charge in [0.1, 0.15) is 5.75 Å². The maximum atomic E-state index is 12.7. The van der Waals surface area contributed by atoms with E-state index in [0.29, 0.717) is 25.3 Å². The summed E-state index contributed by atoms with van der Waals surface area (Å²) in [5.74, 6) is 0.806. The Bertz CT molecular complexity index is 655. The molecule has 0 bridgehead atoms. The number of fused-ring (bicyclic) bond motifs is 1. The number of aliphatic hydroxyl groups excluding tert-OH is 1. The van der Waals surface area contributed by atoms with Crippen LogP contribution in [0.4, 0.5) is 0 Å². The number of benzene rings is 2. The number of hydrogen-bond acceptors (Lipinski definition) is 3. The molecular weight excluding hydrogens is 278 g/mol. The van der Waals surface area contributed by atoms with Crippen LogP contribution in [0.1, 0.15) is 21.5 Å². The van der Waals surface area contributed by atoms with Crippen LogP contribution in [0.3, 0.4) is 0 Å². The van der Waals surface area contributed by atoms with E-state index >= 15 is 0 Å². The summed E-state index contributed by atoms with van der Waals surface area (Å²) in [6, 6.07) is 15.4. The lowest BCUT2D eigenvalue weighted by atomic mass is 10.1. The van der Waals surface area contributed by atoms with Crippen molar-refractivity contribution in [3.05, 3.63) is 65.2 Å². The maximum absolute atomic E-state index is 12.7. The summed E-state index contributed by atoms with van der Waals surface area (Å²) in [6.07, 6.45) is 0.842. The summed E-state index contributed by atoms with van der Waals surface area (Å²) < 4.78 is 5.47. The number of aliphatic hydroxyl groups is 1. The molecular formula is C18H19NO3.